The molecular weight excluding hydrogens is 416 g/mol. The zero-order chi connectivity index (χ0) is 24.5. The Balaban J connectivity index is 5.36. The van der Waals surface area contributed by atoms with Crippen molar-refractivity contribution in [1.82, 2.24) is 16.0 Å². The van der Waals surface area contributed by atoms with Gasteiger partial charge >= 0.3 is 11.9 Å². The number of carboxylic acids is 2. The quantitative estimate of drug-likeness (QED) is 0.144. The molecule has 0 aromatic heterocycles. The van der Waals surface area contributed by atoms with Gasteiger partial charge in [0.25, 0.3) is 0 Å². The third kappa shape index (κ3) is 10.2. The number of aliphatic hydroxyl groups is 2. The van der Waals surface area contributed by atoms with E-state index in [9.17, 15) is 34.2 Å². The Morgan fingerprint density at radius 1 is 0.774 bits per heavy atom. The Hall–Kier alpha value is -2.77. The van der Waals surface area contributed by atoms with E-state index in [-0.39, 0.29) is 5.92 Å². The highest BCUT2D eigenvalue weighted by molar-refractivity contribution is 5.95. The van der Waals surface area contributed by atoms with Gasteiger partial charge in [0, 0.05) is 0 Å². The normalized spacial score (nSPS) is 16.9. The predicted molar refractivity (Wildman–Crippen MR) is 106 cm³/mol. The molecule has 0 bridgehead atoms. The summed E-state index contributed by atoms with van der Waals surface area (Å²) in [4.78, 5) is 59.0. The van der Waals surface area contributed by atoms with Crippen LogP contribution in [0.4, 0.5) is 0 Å². The Bertz CT molecular complexity index is 666. The van der Waals surface area contributed by atoms with Gasteiger partial charge in [0.2, 0.25) is 17.7 Å². The number of nitrogens with two attached hydrogens (primary N) is 1. The third-order valence-corrected chi connectivity index (χ3v) is 4.18. The maximum absolute atomic E-state index is 12.6. The molecule has 0 aliphatic rings. The lowest BCUT2D eigenvalue weighted by Crippen LogP contribution is -2.62. The Kier molecular flexibility index (Phi) is 11.7. The van der Waals surface area contributed by atoms with Gasteiger partial charge in [0.1, 0.15) is 18.1 Å². The van der Waals surface area contributed by atoms with Crippen LogP contribution >= 0.6 is 0 Å². The lowest BCUT2D eigenvalue weighted by atomic mass is 10.0. The minimum atomic E-state index is -1.80. The summed E-state index contributed by atoms with van der Waals surface area (Å²) in [6.07, 6.45) is -3.52. The fraction of sp³-hybridized carbons (Fsp3) is 0.722. The van der Waals surface area contributed by atoms with Gasteiger partial charge in [-0.3, -0.25) is 19.2 Å². The molecule has 0 saturated heterocycles. The van der Waals surface area contributed by atoms with Crippen molar-refractivity contribution in [1.29, 1.82) is 0 Å². The highest BCUT2D eigenvalue weighted by Gasteiger charge is 2.34. The Morgan fingerprint density at radius 3 is 1.55 bits per heavy atom. The number of nitrogens with one attached hydrogen (secondary N) is 3. The van der Waals surface area contributed by atoms with Crippen molar-refractivity contribution in [2.75, 3.05) is 0 Å². The van der Waals surface area contributed by atoms with Crippen LogP contribution in [0.15, 0.2) is 0 Å². The summed E-state index contributed by atoms with van der Waals surface area (Å²) < 4.78 is 0. The number of rotatable bonds is 13. The number of carboxylic acid groups (broad SMARTS) is 2. The van der Waals surface area contributed by atoms with Crippen LogP contribution in [-0.4, -0.2) is 86.5 Å². The molecule has 0 aromatic rings. The van der Waals surface area contributed by atoms with Crippen molar-refractivity contribution >= 4 is 29.7 Å². The molecule has 9 N–H and O–H groups in total. The number of carbonyl (C=O) groups excluding carboxylic acids is 3. The highest BCUT2D eigenvalue weighted by atomic mass is 16.4. The number of carbonyl (C=O) groups is 5. The number of amides is 3. The molecule has 178 valence electrons. The summed E-state index contributed by atoms with van der Waals surface area (Å²) in [6.45, 7) is 6.02. The number of aliphatic carboxylic acids is 2. The van der Waals surface area contributed by atoms with Gasteiger partial charge in [-0.15, -0.1) is 0 Å². The summed E-state index contributed by atoms with van der Waals surface area (Å²) in [6, 6.07) is -5.96. The van der Waals surface area contributed by atoms with E-state index >= 15 is 0 Å². The molecular formula is C18H32N4O9. The first kappa shape index (κ1) is 28.2. The molecule has 13 heteroatoms. The second kappa shape index (κ2) is 12.8. The first-order valence-electron chi connectivity index (χ1n) is 9.64. The van der Waals surface area contributed by atoms with Gasteiger partial charge in [0.05, 0.1) is 24.7 Å². The van der Waals surface area contributed by atoms with E-state index in [0.717, 1.165) is 6.92 Å². The number of hydrogen-bond acceptors (Lipinski definition) is 8. The molecule has 0 spiro atoms. The van der Waals surface area contributed by atoms with Gasteiger partial charge in [-0.25, -0.2) is 4.79 Å². The first-order valence-corrected chi connectivity index (χ1v) is 9.64. The Morgan fingerprint density at radius 2 is 1.19 bits per heavy atom. The summed E-state index contributed by atoms with van der Waals surface area (Å²) >= 11 is 0. The fourth-order valence-electron chi connectivity index (χ4n) is 2.56. The lowest BCUT2D eigenvalue weighted by molar-refractivity contribution is -0.148. The standard InChI is InChI=1S/C18H32N4O9/c1-7(2)5-10(19)15(27)21-14(9(4)24)17(29)22-13(8(3)23)16(28)20-11(18(30)31)6-12(25)26/h7-11,13-14,23-24H,5-6,19H2,1-4H3,(H,20,28)(H,21,27)(H,22,29)(H,25,26)(H,30,31). The molecule has 0 radical (unpaired) electrons. The van der Waals surface area contributed by atoms with Crippen molar-refractivity contribution in [2.45, 2.75) is 76.9 Å². The molecule has 0 aromatic carbocycles. The van der Waals surface area contributed by atoms with Crippen LogP contribution in [0.5, 0.6) is 0 Å². The van der Waals surface area contributed by atoms with E-state index in [1.54, 1.807) is 0 Å². The van der Waals surface area contributed by atoms with Crippen LogP contribution in [0.2, 0.25) is 0 Å². The summed E-state index contributed by atoms with van der Waals surface area (Å²) in [5.74, 6) is -5.92. The third-order valence-electron chi connectivity index (χ3n) is 4.18. The summed E-state index contributed by atoms with van der Waals surface area (Å²) in [5, 5.41) is 43.8. The topological polar surface area (TPSA) is 228 Å². The average Bonchev–Trinajstić information content (AvgIpc) is 2.61. The molecule has 3 amide bonds. The molecule has 31 heavy (non-hydrogen) atoms. The zero-order valence-corrected chi connectivity index (χ0v) is 17.9. The molecule has 0 rings (SSSR count). The van der Waals surface area contributed by atoms with Gasteiger partial charge in [0.15, 0.2) is 0 Å². The van der Waals surface area contributed by atoms with Crippen LogP contribution in [0.3, 0.4) is 0 Å². The lowest BCUT2D eigenvalue weighted by Gasteiger charge is -2.27. The van der Waals surface area contributed by atoms with Crippen LogP contribution in [0.25, 0.3) is 0 Å². The van der Waals surface area contributed by atoms with E-state index in [0.29, 0.717) is 6.42 Å². The maximum atomic E-state index is 12.6. The van der Waals surface area contributed by atoms with E-state index in [1.807, 2.05) is 19.2 Å². The van der Waals surface area contributed by atoms with E-state index in [4.69, 9.17) is 15.9 Å². The minimum Gasteiger partial charge on any atom is -0.481 e. The first-order chi connectivity index (χ1) is 14.2. The molecule has 0 aliphatic carbocycles. The van der Waals surface area contributed by atoms with Crippen LogP contribution in [0, 0.1) is 5.92 Å². The maximum Gasteiger partial charge on any atom is 0.326 e. The summed E-state index contributed by atoms with van der Waals surface area (Å²) in [7, 11) is 0. The van der Waals surface area contributed by atoms with Gasteiger partial charge < -0.3 is 42.1 Å². The van der Waals surface area contributed by atoms with Crippen LogP contribution < -0.4 is 21.7 Å². The van der Waals surface area contributed by atoms with Gasteiger partial charge in [-0.1, -0.05) is 13.8 Å². The fourth-order valence-corrected chi connectivity index (χ4v) is 2.56. The van der Waals surface area contributed by atoms with Crippen molar-refractivity contribution in [2.24, 2.45) is 11.7 Å². The van der Waals surface area contributed by atoms with Crippen LogP contribution in [-0.2, 0) is 24.0 Å². The molecule has 6 atom stereocenters. The minimum absolute atomic E-state index is 0.0934. The molecule has 0 fully saturated rings. The molecule has 0 heterocycles. The SMILES string of the molecule is CC(C)CC(N)C(=O)NC(C(=O)NC(C(=O)NC(CC(=O)O)C(=O)O)C(C)O)C(C)O. The van der Waals surface area contributed by atoms with Gasteiger partial charge in [-0.2, -0.15) is 0 Å². The molecule has 13 nitrogen and oxygen atoms in total. The number of aliphatic hydroxyl groups excluding tert-OH is 2. The van der Waals surface area contributed by atoms with E-state index < -0.39 is 72.5 Å². The summed E-state index contributed by atoms with van der Waals surface area (Å²) in [5.41, 5.74) is 5.75. The smallest absolute Gasteiger partial charge is 0.326 e. The molecule has 0 saturated carbocycles. The highest BCUT2D eigenvalue weighted by Crippen LogP contribution is 2.05. The monoisotopic (exact) mass is 448 g/mol. The molecule has 6 unspecified atom stereocenters. The predicted octanol–water partition coefficient (Wildman–Crippen LogP) is -2.86. The van der Waals surface area contributed by atoms with Crippen molar-refractivity contribution < 1.29 is 44.4 Å². The largest absolute Gasteiger partial charge is 0.481 e. The van der Waals surface area contributed by atoms with Crippen molar-refractivity contribution in [3.05, 3.63) is 0 Å². The second-order valence-corrected chi connectivity index (χ2v) is 7.69. The van der Waals surface area contributed by atoms with Crippen molar-refractivity contribution in [3.63, 3.8) is 0 Å². The van der Waals surface area contributed by atoms with Crippen molar-refractivity contribution in [3.8, 4) is 0 Å². The number of hydrogen-bond donors (Lipinski definition) is 8. The van der Waals surface area contributed by atoms with Gasteiger partial charge in [-0.05, 0) is 26.2 Å². The second-order valence-electron chi connectivity index (χ2n) is 7.69. The molecule has 0 aliphatic heterocycles. The average molecular weight is 448 g/mol. The Labute approximate surface area is 179 Å². The zero-order valence-electron chi connectivity index (χ0n) is 17.9. The van der Waals surface area contributed by atoms with Crippen LogP contribution in [0.1, 0.15) is 40.5 Å². The van der Waals surface area contributed by atoms with E-state index in [2.05, 4.69) is 10.6 Å². The van der Waals surface area contributed by atoms with E-state index in [1.165, 1.54) is 6.92 Å².